The summed E-state index contributed by atoms with van der Waals surface area (Å²) in [4.78, 5) is 30.2. The second kappa shape index (κ2) is 18.3. The number of hydrogen-bond donors (Lipinski definition) is 3. The van der Waals surface area contributed by atoms with E-state index >= 15 is 0 Å². The van der Waals surface area contributed by atoms with E-state index < -0.39 is 109 Å². The lowest BCUT2D eigenvalue weighted by atomic mass is 9.74. The van der Waals surface area contributed by atoms with Gasteiger partial charge in [0, 0.05) is 51.5 Å². The largest absolute Gasteiger partial charge is 0.459 e. The molecule has 53 heavy (non-hydrogen) atoms. The summed E-state index contributed by atoms with van der Waals surface area (Å²) in [6, 6.07) is -0.317. The molecule has 0 spiro atoms. The van der Waals surface area contributed by atoms with Crippen LogP contribution in [0.25, 0.3) is 0 Å². The molecule has 3 heterocycles. The number of aliphatic hydroxyl groups excluding tert-OH is 2. The molecule has 0 unspecified atom stereocenters. The lowest BCUT2D eigenvalue weighted by molar-refractivity contribution is -0.320. The van der Waals surface area contributed by atoms with Crippen LogP contribution >= 0.6 is 0 Å². The average Bonchev–Trinajstić information content (AvgIpc) is 3.11. The summed E-state index contributed by atoms with van der Waals surface area (Å²) in [6.07, 6.45) is -9.63. The number of ketones is 1. The highest BCUT2D eigenvalue weighted by Gasteiger charge is 2.54. The van der Waals surface area contributed by atoms with Crippen LogP contribution in [-0.4, -0.2) is 152 Å². The Hall–Kier alpha value is -1.30. The van der Waals surface area contributed by atoms with E-state index in [0.29, 0.717) is 6.42 Å². The Morgan fingerprint density at radius 2 is 1.51 bits per heavy atom. The second-order valence-corrected chi connectivity index (χ2v) is 16.7. The number of Topliss-reactive ketones (excluding diaryl/α,β-unsaturated/α-hetero) is 1. The summed E-state index contributed by atoms with van der Waals surface area (Å²) in [5.41, 5.74) is -4.51. The Kier molecular flexibility index (Phi) is 14.3. The predicted molar refractivity (Wildman–Crippen MR) is 196 cm³/mol. The molecule has 3 aliphatic rings. The Morgan fingerprint density at radius 1 is 0.906 bits per heavy atom. The first kappa shape index (κ1) is 41.3. The maximum Gasteiger partial charge on any atom is 0.311 e. The van der Waals surface area contributed by atoms with Crippen molar-refractivity contribution in [2.24, 2.45) is 23.7 Å². The van der Waals surface area contributed by atoms with Crippen molar-refractivity contribution >= 4 is 11.8 Å². The summed E-state index contributed by atoms with van der Waals surface area (Å²) in [5, 5.41) is 34.8. The molecule has 14 nitrogen and oxygen atoms in total. The molecule has 0 bridgehead atoms. The average molecular weight is 765 g/mol. The number of carbonyl (C=O) groups excluding carboxylic acids is 2. The monoisotopic (exact) mass is 765 g/mol. The summed E-state index contributed by atoms with van der Waals surface area (Å²) in [7, 11) is 3.91. The van der Waals surface area contributed by atoms with Crippen LogP contribution in [-0.2, 0) is 47.5 Å². The molecule has 3 aliphatic heterocycles. The molecule has 0 aromatic rings. The summed E-state index contributed by atoms with van der Waals surface area (Å²) >= 11 is 0. The fourth-order valence-electron chi connectivity index (χ4n) is 8.79. The standard InChI is InChI=1S/C39H71NO13/c1-16-27-39(10,45)32(43)22(4)29(41)20(2)18-37(8,47-14)33(53-36-30(42)26(40(11)12)17-21(3)49-36)23(5)31(24(6)35(44)51-27)52-28-19-38(9,48-15)34(46-13)25(7)50-28/h20-28,30-34,36,42-43,45H,16-19H2,1-15H3/t20-,21-,22+,23+,24-,25+,26+,27-,28+,30-,31+,32-,33-,34+,36+,37-,38-,39-/m1/s1/i13D3. The van der Waals surface area contributed by atoms with Gasteiger partial charge in [0.05, 0.1) is 51.8 Å². The van der Waals surface area contributed by atoms with Crippen LogP contribution in [0, 0.1) is 23.7 Å². The quantitative estimate of drug-likeness (QED) is 0.293. The van der Waals surface area contributed by atoms with Gasteiger partial charge < -0.3 is 58.1 Å². The number of aliphatic hydroxyl groups is 3. The van der Waals surface area contributed by atoms with Crippen LogP contribution in [0.15, 0.2) is 0 Å². The summed E-state index contributed by atoms with van der Waals surface area (Å²) < 4.78 is 72.9. The Morgan fingerprint density at radius 3 is 2.06 bits per heavy atom. The zero-order valence-electron chi connectivity index (χ0n) is 37.4. The van der Waals surface area contributed by atoms with Crippen molar-refractivity contribution in [3.05, 3.63) is 0 Å². The summed E-state index contributed by atoms with van der Waals surface area (Å²) in [5.74, 6) is -4.75. The highest BCUT2D eigenvalue weighted by Crippen LogP contribution is 2.42. The third-order valence-corrected chi connectivity index (χ3v) is 12.4. The van der Waals surface area contributed by atoms with Crippen LogP contribution in [0.2, 0.25) is 0 Å². The molecule has 3 N–H and O–H groups in total. The Labute approximate surface area is 321 Å². The molecule has 0 amide bonds. The van der Waals surface area contributed by atoms with E-state index in [-0.39, 0.29) is 37.2 Å². The van der Waals surface area contributed by atoms with Crippen molar-refractivity contribution in [1.82, 2.24) is 4.90 Å². The third kappa shape index (κ3) is 9.81. The van der Waals surface area contributed by atoms with Gasteiger partial charge >= 0.3 is 5.97 Å². The van der Waals surface area contributed by atoms with Gasteiger partial charge in [-0.2, -0.15) is 0 Å². The van der Waals surface area contributed by atoms with Crippen molar-refractivity contribution in [2.75, 3.05) is 35.4 Å². The topological polar surface area (TPSA) is 172 Å². The highest BCUT2D eigenvalue weighted by molar-refractivity contribution is 5.83. The fraction of sp³-hybridized carbons (Fsp3) is 0.949. The molecule has 18 atom stereocenters. The van der Waals surface area contributed by atoms with E-state index in [1.165, 1.54) is 28.1 Å². The first-order chi connectivity index (χ1) is 25.7. The molecule has 14 heteroatoms. The van der Waals surface area contributed by atoms with E-state index in [1.54, 1.807) is 48.5 Å². The van der Waals surface area contributed by atoms with Crippen molar-refractivity contribution in [3.8, 4) is 0 Å². The molecule has 0 aromatic carbocycles. The number of nitrogens with zero attached hydrogens (tertiary/aromatic N) is 1. The lowest BCUT2D eigenvalue weighted by Crippen LogP contribution is -2.61. The number of methoxy groups -OCH3 is 3. The molecule has 3 fully saturated rings. The van der Waals surface area contributed by atoms with Crippen LogP contribution in [0.1, 0.15) is 99.0 Å². The number of cyclic esters (lactones) is 1. The molecule has 3 rings (SSSR count). The number of rotatable bonds is 9. The SMILES string of the molecule is [2H]C([2H])([2H])O[C@H]1[C@H](C)O[C@@H](O[C@H]2[C@H](C)[C@@H](O[C@@H]3O[C@H](C)C[C@H](N(C)C)[C@H]3O)[C@](C)(OC)C[C@@H](C)C(=O)[C@H](C)[C@@H](O)[C@](C)(O)[C@@H](CC)OC(=O)[C@@H]2C)C[C@@]1(C)OC. The second-order valence-electron chi connectivity index (χ2n) is 16.7. The maximum atomic E-state index is 14.3. The molecular formula is C39H71NO13. The number of likely N-dealkylation sites (N-methyl/N-ethyl adjacent to an activating group) is 1. The minimum atomic E-state index is -2.74. The van der Waals surface area contributed by atoms with Gasteiger partial charge in [-0.05, 0) is 74.9 Å². The van der Waals surface area contributed by atoms with Gasteiger partial charge in [-0.1, -0.05) is 27.7 Å². The van der Waals surface area contributed by atoms with E-state index in [2.05, 4.69) is 0 Å². The van der Waals surface area contributed by atoms with Gasteiger partial charge in [0.15, 0.2) is 12.6 Å². The molecular weight excluding hydrogens is 690 g/mol. The number of hydrogen-bond acceptors (Lipinski definition) is 14. The van der Waals surface area contributed by atoms with Crippen molar-refractivity contribution in [2.45, 2.75) is 179 Å². The van der Waals surface area contributed by atoms with E-state index in [0.717, 1.165) is 0 Å². The first-order valence-electron chi connectivity index (χ1n) is 20.6. The van der Waals surface area contributed by atoms with Gasteiger partial charge in [0.1, 0.15) is 29.7 Å². The maximum absolute atomic E-state index is 14.3. The van der Waals surface area contributed by atoms with Gasteiger partial charge in [0.25, 0.3) is 0 Å². The first-order valence-corrected chi connectivity index (χ1v) is 19.1. The summed E-state index contributed by atoms with van der Waals surface area (Å²) in [6.45, 7) is 16.7. The number of ether oxygens (including phenoxy) is 8. The lowest BCUT2D eigenvalue weighted by Gasteiger charge is -2.50. The van der Waals surface area contributed by atoms with Gasteiger partial charge in [-0.3, -0.25) is 9.59 Å². The Bertz CT molecular complexity index is 1310. The molecule has 0 saturated carbocycles. The van der Waals surface area contributed by atoms with Crippen LogP contribution in [0.5, 0.6) is 0 Å². The fourth-order valence-corrected chi connectivity index (χ4v) is 8.79. The van der Waals surface area contributed by atoms with E-state index in [4.69, 9.17) is 42.0 Å². The third-order valence-electron chi connectivity index (χ3n) is 12.4. The normalized spacial score (nSPS) is 49.4. The van der Waals surface area contributed by atoms with Crippen LogP contribution in [0.3, 0.4) is 0 Å². The minimum Gasteiger partial charge on any atom is -0.459 e. The number of carbonyl (C=O) groups is 2. The van der Waals surface area contributed by atoms with Gasteiger partial charge in [-0.25, -0.2) is 0 Å². The smallest absolute Gasteiger partial charge is 0.311 e. The van der Waals surface area contributed by atoms with Crippen molar-refractivity contribution < 1.29 is 66.9 Å². The van der Waals surface area contributed by atoms with E-state index in [1.807, 2.05) is 25.9 Å². The zero-order valence-corrected chi connectivity index (χ0v) is 34.4. The minimum absolute atomic E-state index is 0.00103. The van der Waals surface area contributed by atoms with Crippen LogP contribution in [0.4, 0.5) is 0 Å². The Balaban J connectivity index is 2.23. The van der Waals surface area contributed by atoms with Crippen LogP contribution < -0.4 is 0 Å². The molecule has 0 radical (unpaired) electrons. The van der Waals surface area contributed by atoms with Crippen molar-refractivity contribution in [1.29, 1.82) is 0 Å². The molecule has 0 aromatic heterocycles. The van der Waals surface area contributed by atoms with Gasteiger partial charge in [-0.15, -0.1) is 0 Å². The molecule has 3 saturated heterocycles. The highest BCUT2D eigenvalue weighted by atomic mass is 16.7. The van der Waals surface area contributed by atoms with E-state index in [9.17, 15) is 24.9 Å². The number of esters is 1. The molecule has 310 valence electrons. The predicted octanol–water partition coefficient (Wildman–Crippen LogP) is 3.09. The zero-order chi connectivity index (χ0) is 42.9. The van der Waals surface area contributed by atoms with Crippen molar-refractivity contribution in [3.63, 3.8) is 0 Å². The van der Waals surface area contributed by atoms with Gasteiger partial charge in [0.2, 0.25) is 0 Å². The molecule has 0 aliphatic carbocycles.